The van der Waals surface area contributed by atoms with Crippen LogP contribution in [0.2, 0.25) is 0 Å². The lowest BCUT2D eigenvalue weighted by atomic mass is 10.0. The average molecular weight is 401 g/mol. The molecule has 4 nitrogen and oxygen atoms in total. The summed E-state index contributed by atoms with van der Waals surface area (Å²) in [4.78, 5) is 11.8. The highest BCUT2D eigenvalue weighted by molar-refractivity contribution is 5.75. The zero-order valence-corrected chi connectivity index (χ0v) is 19.4. The highest BCUT2D eigenvalue weighted by Crippen LogP contribution is 2.26. The average Bonchev–Trinajstić information content (AvgIpc) is 2.60. The lowest BCUT2D eigenvalue weighted by molar-refractivity contribution is -0.270. The molecule has 28 heavy (non-hydrogen) atoms. The molecular formula is C24H48O4. The zero-order valence-electron chi connectivity index (χ0n) is 19.4. The third kappa shape index (κ3) is 14.4. The van der Waals surface area contributed by atoms with E-state index in [-0.39, 0.29) is 12.2 Å². The zero-order chi connectivity index (χ0) is 21.3. The molecule has 0 amide bonds. The molecule has 0 fully saturated rings. The van der Waals surface area contributed by atoms with Gasteiger partial charge < -0.3 is 14.6 Å². The van der Waals surface area contributed by atoms with Crippen LogP contribution >= 0.6 is 0 Å². The van der Waals surface area contributed by atoms with E-state index in [4.69, 9.17) is 9.47 Å². The minimum absolute atomic E-state index is 0.179. The third-order valence-electron chi connectivity index (χ3n) is 5.04. The maximum Gasteiger partial charge on any atom is 0.364 e. The van der Waals surface area contributed by atoms with E-state index in [0.29, 0.717) is 6.42 Å². The minimum atomic E-state index is -1.50. The van der Waals surface area contributed by atoms with Gasteiger partial charge in [0.1, 0.15) is 0 Å². The lowest BCUT2D eigenvalue weighted by Gasteiger charge is -2.33. The summed E-state index contributed by atoms with van der Waals surface area (Å²) in [5.41, 5.74) is 0. The van der Waals surface area contributed by atoms with E-state index in [9.17, 15) is 9.90 Å². The Hall–Kier alpha value is -0.610. The van der Waals surface area contributed by atoms with Crippen LogP contribution < -0.4 is 0 Å². The van der Waals surface area contributed by atoms with Gasteiger partial charge in [-0.2, -0.15) is 0 Å². The number of aliphatic carboxylic acids is 1. The van der Waals surface area contributed by atoms with Gasteiger partial charge in [0.25, 0.3) is 5.79 Å². The molecule has 1 N–H and O–H groups in total. The molecule has 0 rings (SSSR count). The molecule has 0 unspecified atom stereocenters. The topological polar surface area (TPSA) is 55.8 Å². The van der Waals surface area contributed by atoms with Gasteiger partial charge in [0, 0.05) is 6.42 Å². The molecule has 0 aromatic heterocycles. The van der Waals surface area contributed by atoms with Gasteiger partial charge in [-0.3, -0.25) is 0 Å². The molecule has 0 atom stereocenters. The van der Waals surface area contributed by atoms with Crippen LogP contribution in [0.5, 0.6) is 0 Å². The van der Waals surface area contributed by atoms with E-state index < -0.39 is 11.8 Å². The summed E-state index contributed by atoms with van der Waals surface area (Å²) in [7, 11) is 0. The Morgan fingerprint density at radius 1 is 0.679 bits per heavy atom. The molecule has 168 valence electrons. The third-order valence-corrected chi connectivity index (χ3v) is 5.04. The number of carboxylic acids is 1. The summed E-state index contributed by atoms with van der Waals surface area (Å²) in [6.45, 7) is 9.68. The van der Waals surface area contributed by atoms with Gasteiger partial charge in [-0.1, -0.05) is 90.4 Å². The first kappa shape index (κ1) is 27.4. The summed E-state index contributed by atoms with van der Waals surface area (Å²) in [5, 5.41) is 9.68. The smallest absolute Gasteiger partial charge is 0.364 e. The van der Waals surface area contributed by atoms with Crippen LogP contribution in [0.3, 0.4) is 0 Å². The fraction of sp³-hybridized carbons (Fsp3) is 0.958. The maximum absolute atomic E-state index is 11.8. The minimum Gasteiger partial charge on any atom is -0.477 e. The number of unbranched alkanes of at least 4 members (excludes halogenated alkanes) is 13. The van der Waals surface area contributed by atoms with E-state index in [1.165, 1.54) is 70.6 Å². The molecule has 0 aromatic rings. The van der Waals surface area contributed by atoms with E-state index >= 15 is 0 Å². The normalized spacial score (nSPS) is 12.2. The number of hydrogen-bond donors (Lipinski definition) is 1. The SMILES string of the molecule is CCCCCCCCCCCCCCCCC(OC(C)C)(OC(C)C)C(=O)O. The van der Waals surface area contributed by atoms with Gasteiger partial charge in [-0.05, 0) is 34.1 Å². The van der Waals surface area contributed by atoms with Gasteiger partial charge in [0.15, 0.2) is 0 Å². The van der Waals surface area contributed by atoms with Gasteiger partial charge in [-0.25, -0.2) is 4.79 Å². The Labute approximate surface area is 174 Å². The molecule has 0 saturated heterocycles. The number of carbonyl (C=O) groups is 1. The van der Waals surface area contributed by atoms with E-state index in [1.54, 1.807) is 0 Å². The summed E-state index contributed by atoms with van der Waals surface area (Å²) in [5.74, 6) is -2.51. The second-order valence-electron chi connectivity index (χ2n) is 8.74. The number of ether oxygens (including phenoxy) is 2. The molecule has 0 bridgehead atoms. The van der Waals surface area contributed by atoms with Crippen molar-refractivity contribution < 1.29 is 19.4 Å². The molecule has 0 heterocycles. The molecule has 0 aliphatic heterocycles. The quantitative estimate of drug-likeness (QED) is 0.170. The maximum atomic E-state index is 11.8. The van der Waals surface area contributed by atoms with Crippen LogP contribution in [0.15, 0.2) is 0 Å². The van der Waals surface area contributed by atoms with Crippen molar-refractivity contribution in [2.45, 2.75) is 149 Å². The highest BCUT2D eigenvalue weighted by Gasteiger charge is 2.42. The Bertz CT molecular complexity index is 356. The van der Waals surface area contributed by atoms with Crippen LogP contribution in [-0.4, -0.2) is 29.1 Å². The van der Waals surface area contributed by atoms with Crippen molar-refractivity contribution in [3.8, 4) is 0 Å². The van der Waals surface area contributed by atoms with Gasteiger partial charge in [0.2, 0.25) is 0 Å². The fourth-order valence-electron chi connectivity index (χ4n) is 3.67. The highest BCUT2D eigenvalue weighted by atomic mass is 16.7. The van der Waals surface area contributed by atoms with Crippen molar-refractivity contribution in [2.24, 2.45) is 0 Å². The summed E-state index contributed by atoms with van der Waals surface area (Å²) >= 11 is 0. The molecule has 0 radical (unpaired) electrons. The van der Waals surface area contributed by atoms with Crippen LogP contribution in [-0.2, 0) is 14.3 Å². The van der Waals surface area contributed by atoms with E-state index in [2.05, 4.69) is 6.92 Å². The molecule has 0 saturated carbocycles. The van der Waals surface area contributed by atoms with E-state index in [1.807, 2.05) is 27.7 Å². The monoisotopic (exact) mass is 400 g/mol. The van der Waals surface area contributed by atoms with Crippen LogP contribution in [0.4, 0.5) is 0 Å². The predicted octanol–water partition coefficient (Wildman–Crippen LogP) is 7.49. The van der Waals surface area contributed by atoms with Gasteiger partial charge in [0.05, 0.1) is 12.2 Å². The van der Waals surface area contributed by atoms with Crippen LogP contribution in [0, 0.1) is 0 Å². The second kappa shape index (κ2) is 17.3. The summed E-state index contributed by atoms with van der Waals surface area (Å²) in [6.07, 6.45) is 18.0. The van der Waals surface area contributed by atoms with Gasteiger partial charge >= 0.3 is 5.97 Å². The van der Waals surface area contributed by atoms with Crippen molar-refractivity contribution in [1.82, 2.24) is 0 Å². The molecule has 0 aliphatic rings. The Kier molecular flexibility index (Phi) is 16.9. The summed E-state index contributed by atoms with van der Waals surface area (Å²) < 4.78 is 11.4. The number of rotatable bonds is 20. The van der Waals surface area contributed by atoms with Crippen molar-refractivity contribution in [1.29, 1.82) is 0 Å². The van der Waals surface area contributed by atoms with Crippen molar-refractivity contribution in [3.63, 3.8) is 0 Å². The van der Waals surface area contributed by atoms with Gasteiger partial charge in [-0.15, -0.1) is 0 Å². The first-order valence-corrected chi connectivity index (χ1v) is 11.9. The number of hydrogen-bond acceptors (Lipinski definition) is 3. The lowest BCUT2D eigenvalue weighted by Crippen LogP contribution is -2.47. The molecule has 0 aromatic carbocycles. The van der Waals surface area contributed by atoms with Crippen molar-refractivity contribution in [3.05, 3.63) is 0 Å². The van der Waals surface area contributed by atoms with E-state index in [0.717, 1.165) is 19.3 Å². The van der Waals surface area contributed by atoms with Crippen molar-refractivity contribution in [2.75, 3.05) is 0 Å². The second-order valence-corrected chi connectivity index (χ2v) is 8.74. The fourth-order valence-corrected chi connectivity index (χ4v) is 3.67. The van der Waals surface area contributed by atoms with Crippen LogP contribution in [0.25, 0.3) is 0 Å². The molecular weight excluding hydrogens is 352 g/mol. The summed E-state index contributed by atoms with van der Waals surface area (Å²) in [6, 6.07) is 0. The first-order valence-electron chi connectivity index (χ1n) is 11.9. The van der Waals surface area contributed by atoms with Crippen molar-refractivity contribution >= 4 is 5.97 Å². The predicted molar refractivity (Wildman–Crippen MR) is 118 cm³/mol. The largest absolute Gasteiger partial charge is 0.477 e. The Balaban J connectivity index is 3.81. The molecule has 0 aliphatic carbocycles. The molecule has 4 heteroatoms. The molecule has 0 spiro atoms. The Morgan fingerprint density at radius 2 is 1.00 bits per heavy atom. The first-order chi connectivity index (χ1) is 13.3. The Morgan fingerprint density at radius 3 is 1.29 bits per heavy atom. The number of carboxylic acid groups (broad SMARTS) is 1. The standard InChI is InChI=1S/C24H48O4/c1-6-7-8-9-10-11-12-13-14-15-16-17-18-19-20-24(23(25)26,27-21(2)3)28-22(4)5/h21-22H,6-20H2,1-5H3,(H,25,26). The van der Waals surface area contributed by atoms with Crippen LogP contribution in [0.1, 0.15) is 131 Å².